The van der Waals surface area contributed by atoms with Crippen molar-refractivity contribution in [2.75, 3.05) is 19.6 Å². The maximum absolute atomic E-state index is 12.9. The van der Waals surface area contributed by atoms with Gasteiger partial charge in [-0.3, -0.25) is 9.69 Å². The molecule has 4 heteroatoms. The average molecular weight is 347 g/mol. The highest BCUT2D eigenvalue weighted by atomic mass is 16.3. The van der Waals surface area contributed by atoms with Crippen LogP contribution < -0.4 is 5.32 Å². The van der Waals surface area contributed by atoms with E-state index in [1.54, 1.807) is 0 Å². The number of nitrogens with one attached hydrogen (secondary N) is 1. The van der Waals surface area contributed by atoms with Gasteiger partial charge in [-0.05, 0) is 50.8 Å². The molecular weight excluding hydrogens is 312 g/mol. The molecule has 3 atom stereocenters. The molecule has 25 heavy (non-hydrogen) atoms. The standard InChI is InChI=1S/C21H34N2O2/c1-16(2)20(23-12-8-5-9-13-23)21(25)22-15-19(14-17(3)24)18-10-6-4-7-11-18/h4,6-7,10-11,16-17,19-20,24H,5,8-9,12-15H2,1-3H3,(H,22,25). The Morgan fingerprint density at radius 3 is 2.32 bits per heavy atom. The summed E-state index contributed by atoms with van der Waals surface area (Å²) >= 11 is 0. The van der Waals surface area contributed by atoms with Crippen molar-refractivity contribution in [3.8, 4) is 0 Å². The number of nitrogens with zero attached hydrogens (tertiary/aromatic N) is 1. The van der Waals surface area contributed by atoms with Crippen LogP contribution in [0.15, 0.2) is 30.3 Å². The van der Waals surface area contributed by atoms with Gasteiger partial charge in [0, 0.05) is 12.5 Å². The maximum atomic E-state index is 12.9. The van der Waals surface area contributed by atoms with Gasteiger partial charge in [-0.25, -0.2) is 0 Å². The molecule has 1 aliphatic rings. The summed E-state index contributed by atoms with van der Waals surface area (Å²) in [6.07, 6.45) is 3.91. The SMILES string of the molecule is CC(O)CC(CNC(=O)C(C(C)C)N1CCCCC1)c1ccccc1. The first-order valence-corrected chi connectivity index (χ1v) is 9.73. The minimum absolute atomic E-state index is 0.0525. The van der Waals surface area contributed by atoms with Gasteiger partial charge in [0.2, 0.25) is 5.91 Å². The van der Waals surface area contributed by atoms with Crippen LogP contribution in [0.4, 0.5) is 0 Å². The van der Waals surface area contributed by atoms with E-state index in [1.807, 2.05) is 25.1 Å². The summed E-state index contributed by atoms with van der Waals surface area (Å²) < 4.78 is 0. The zero-order chi connectivity index (χ0) is 18.2. The molecule has 0 aliphatic carbocycles. The fourth-order valence-electron chi connectivity index (χ4n) is 3.89. The second kappa shape index (κ2) is 9.93. The van der Waals surface area contributed by atoms with Gasteiger partial charge < -0.3 is 10.4 Å². The van der Waals surface area contributed by atoms with Gasteiger partial charge in [-0.2, -0.15) is 0 Å². The third kappa shape index (κ3) is 6.12. The molecule has 0 spiro atoms. The van der Waals surface area contributed by atoms with Crippen molar-refractivity contribution < 1.29 is 9.90 Å². The Morgan fingerprint density at radius 2 is 1.76 bits per heavy atom. The lowest BCUT2D eigenvalue weighted by Gasteiger charge is -2.36. The Bertz CT molecular complexity index is 510. The number of rotatable bonds is 8. The maximum Gasteiger partial charge on any atom is 0.237 e. The quantitative estimate of drug-likeness (QED) is 0.760. The molecule has 3 unspecified atom stereocenters. The fourth-order valence-corrected chi connectivity index (χ4v) is 3.89. The predicted octanol–water partition coefficient (Wildman–Crippen LogP) is 3.17. The molecule has 140 valence electrons. The molecule has 2 rings (SSSR count). The second-order valence-corrected chi connectivity index (χ2v) is 7.72. The van der Waals surface area contributed by atoms with Crippen LogP contribution in [0.25, 0.3) is 0 Å². The van der Waals surface area contributed by atoms with E-state index >= 15 is 0 Å². The highest BCUT2D eigenvalue weighted by Crippen LogP contribution is 2.22. The smallest absolute Gasteiger partial charge is 0.237 e. The number of carbonyl (C=O) groups excluding carboxylic acids is 1. The first-order chi connectivity index (χ1) is 12.0. The molecule has 1 aliphatic heterocycles. The lowest BCUT2D eigenvalue weighted by atomic mass is 9.92. The summed E-state index contributed by atoms with van der Waals surface area (Å²) in [7, 11) is 0. The van der Waals surface area contributed by atoms with Gasteiger partial charge in [-0.15, -0.1) is 0 Å². The number of aliphatic hydroxyl groups excluding tert-OH is 1. The summed E-state index contributed by atoms with van der Waals surface area (Å²) in [5, 5.41) is 13.0. The van der Waals surface area contributed by atoms with E-state index in [-0.39, 0.29) is 24.0 Å². The third-order valence-electron chi connectivity index (χ3n) is 5.10. The minimum atomic E-state index is -0.384. The largest absolute Gasteiger partial charge is 0.393 e. The van der Waals surface area contributed by atoms with Crippen LogP contribution in [0.1, 0.15) is 57.9 Å². The van der Waals surface area contributed by atoms with Gasteiger partial charge in [-0.1, -0.05) is 50.6 Å². The van der Waals surface area contributed by atoms with Crippen molar-refractivity contribution in [2.45, 2.75) is 64.5 Å². The zero-order valence-corrected chi connectivity index (χ0v) is 15.9. The molecule has 0 aromatic heterocycles. The molecule has 2 N–H and O–H groups in total. The molecule has 1 fully saturated rings. The van der Waals surface area contributed by atoms with E-state index in [0.29, 0.717) is 18.9 Å². The predicted molar refractivity (Wildman–Crippen MR) is 103 cm³/mol. The molecule has 1 aromatic carbocycles. The third-order valence-corrected chi connectivity index (χ3v) is 5.10. The zero-order valence-electron chi connectivity index (χ0n) is 15.9. The average Bonchev–Trinajstić information content (AvgIpc) is 2.60. The summed E-state index contributed by atoms with van der Waals surface area (Å²) in [6, 6.07) is 10.1. The van der Waals surface area contributed by atoms with Crippen molar-refractivity contribution in [1.29, 1.82) is 0 Å². The number of likely N-dealkylation sites (tertiary alicyclic amines) is 1. The normalized spacial score (nSPS) is 19.4. The lowest BCUT2D eigenvalue weighted by molar-refractivity contribution is -0.128. The molecule has 1 aromatic rings. The van der Waals surface area contributed by atoms with Gasteiger partial charge in [0.15, 0.2) is 0 Å². The number of benzene rings is 1. The van der Waals surface area contributed by atoms with E-state index in [2.05, 4.69) is 36.2 Å². The fraction of sp³-hybridized carbons (Fsp3) is 0.667. The number of amides is 1. The lowest BCUT2D eigenvalue weighted by Crippen LogP contribution is -2.52. The Balaban J connectivity index is 2.00. The molecule has 1 saturated heterocycles. The molecule has 4 nitrogen and oxygen atoms in total. The number of hydrogen-bond acceptors (Lipinski definition) is 3. The first-order valence-electron chi connectivity index (χ1n) is 9.73. The van der Waals surface area contributed by atoms with Crippen LogP contribution in [0, 0.1) is 5.92 Å². The van der Waals surface area contributed by atoms with E-state index < -0.39 is 0 Å². The van der Waals surface area contributed by atoms with Crippen LogP contribution in [-0.2, 0) is 4.79 Å². The number of aliphatic hydroxyl groups is 1. The second-order valence-electron chi connectivity index (χ2n) is 7.72. The molecule has 0 radical (unpaired) electrons. The summed E-state index contributed by atoms with van der Waals surface area (Å²) in [4.78, 5) is 15.2. The van der Waals surface area contributed by atoms with Crippen molar-refractivity contribution in [3.63, 3.8) is 0 Å². The van der Waals surface area contributed by atoms with E-state index in [4.69, 9.17) is 0 Å². The van der Waals surface area contributed by atoms with E-state index in [9.17, 15) is 9.90 Å². The molecule has 0 saturated carbocycles. The van der Waals surface area contributed by atoms with Gasteiger partial charge >= 0.3 is 0 Å². The summed E-state index contributed by atoms with van der Waals surface area (Å²) in [5.74, 6) is 0.563. The Morgan fingerprint density at radius 1 is 1.12 bits per heavy atom. The highest BCUT2D eigenvalue weighted by molar-refractivity contribution is 5.82. The van der Waals surface area contributed by atoms with Crippen LogP contribution in [0.3, 0.4) is 0 Å². The number of hydrogen-bond donors (Lipinski definition) is 2. The molecule has 1 heterocycles. The van der Waals surface area contributed by atoms with Crippen molar-refractivity contribution in [1.82, 2.24) is 10.2 Å². The summed E-state index contributed by atoms with van der Waals surface area (Å²) in [5.41, 5.74) is 1.17. The number of piperidine rings is 1. The molecule has 1 amide bonds. The van der Waals surface area contributed by atoms with Gasteiger partial charge in [0.25, 0.3) is 0 Å². The minimum Gasteiger partial charge on any atom is -0.393 e. The van der Waals surface area contributed by atoms with Crippen LogP contribution >= 0.6 is 0 Å². The number of carbonyl (C=O) groups is 1. The topological polar surface area (TPSA) is 52.6 Å². The van der Waals surface area contributed by atoms with Crippen LogP contribution in [0.5, 0.6) is 0 Å². The Hall–Kier alpha value is -1.39. The Labute approximate surface area is 152 Å². The summed E-state index contributed by atoms with van der Waals surface area (Å²) in [6.45, 7) is 8.68. The highest BCUT2D eigenvalue weighted by Gasteiger charge is 2.30. The molecule has 0 bridgehead atoms. The van der Waals surface area contributed by atoms with Gasteiger partial charge in [0.05, 0.1) is 12.1 Å². The van der Waals surface area contributed by atoms with Crippen molar-refractivity contribution >= 4 is 5.91 Å². The molecular formula is C21H34N2O2. The van der Waals surface area contributed by atoms with E-state index in [0.717, 1.165) is 13.1 Å². The van der Waals surface area contributed by atoms with E-state index in [1.165, 1.54) is 24.8 Å². The van der Waals surface area contributed by atoms with Crippen molar-refractivity contribution in [2.24, 2.45) is 5.92 Å². The van der Waals surface area contributed by atoms with Crippen molar-refractivity contribution in [3.05, 3.63) is 35.9 Å². The van der Waals surface area contributed by atoms with Gasteiger partial charge in [0.1, 0.15) is 0 Å². The monoisotopic (exact) mass is 346 g/mol. The van der Waals surface area contributed by atoms with Crippen LogP contribution in [-0.4, -0.2) is 47.7 Å². The Kier molecular flexibility index (Phi) is 7.91. The van der Waals surface area contributed by atoms with Crippen LogP contribution in [0.2, 0.25) is 0 Å². The first kappa shape index (κ1) is 19.9.